The second kappa shape index (κ2) is 6.18. The third kappa shape index (κ3) is 3.34. The summed E-state index contributed by atoms with van der Waals surface area (Å²) in [6.45, 7) is 7.80. The first kappa shape index (κ1) is 14.0. The minimum absolute atomic E-state index is 0.219. The summed E-state index contributed by atoms with van der Waals surface area (Å²) in [5.74, 6) is 1.27. The predicted molar refractivity (Wildman–Crippen MR) is 82.3 cm³/mol. The van der Waals surface area contributed by atoms with Gasteiger partial charge in [-0.2, -0.15) is 15.0 Å². The zero-order valence-corrected chi connectivity index (χ0v) is 12.1. The van der Waals surface area contributed by atoms with Crippen molar-refractivity contribution < 1.29 is 0 Å². The van der Waals surface area contributed by atoms with Crippen LogP contribution in [0.15, 0.2) is 24.3 Å². The van der Waals surface area contributed by atoms with Crippen molar-refractivity contribution in [3.63, 3.8) is 0 Å². The number of rotatable bonds is 5. The zero-order chi connectivity index (χ0) is 14.5. The third-order valence-electron chi connectivity index (χ3n) is 2.99. The molecule has 0 radical (unpaired) electrons. The molecule has 2 rings (SSSR count). The van der Waals surface area contributed by atoms with E-state index in [1.165, 1.54) is 5.56 Å². The van der Waals surface area contributed by atoms with E-state index in [9.17, 15) is 0 Å². The summed E-state index contributed by atoms with van der Waals surface area (Å²) in [6.07, 6.45) is 0. The first-order chi connectivity index (χ1) is 9.62. The van der Waals surface area contributed by atoms with Gasteiger partial charge in [0.1, 0.15) is 0 Å². The normalized spacial score (nSPS) is 10.3. The van der Waals surface area contributed by atoms with Gasteiger partial charge in [-0.05, 0) is 32.9 Å². The van der Waals surface area contributed by atoms with Crippen LogP contribution in [0, 0.1) is 6.92 Å². The largest absolute Gasteiger partial charge is 0.368 e. The van der Waals surface area contributed by atoms with E-state index in [0.717, 1.165) is 18.8 Å². The molecule has 0 spiro atoms. The van der Waals surface area contributed by atoms with E-state index in [4.69, 9.17) is 5.73 Å². The second-order valence-electron chi connectivity index (χ2n) is 4.48. The Morgan fingerprint density at radius 2 is 1.70 bits per heavy atom. The number of hydrogen-bond acceptors (Lipinski definition) is 6. The van der Waals surface area contributed by atoms with Gasteiger partial charge in [-0.1, -0.05) is 17.7 Å². The molecule has 0 aliphatic rings. The van der Waals surface area contributed by atoms with Crippen LogP contribution >= 0.6 is 0 Å². The Labute approximate surface area is 119 Å². The SMILES string of the molecule is CCN(CC)c1nc(N)nc(Nc2ccc(C)cc2)n1. The van der Waals surface area contributed by atoms with Crippen molar-refractivity contribution >= 4 is 23.5 Å². The van der Waals surface area contributed by atoms with Crippen molar-refractivity contribution in [3.8, 4) is 0 Å². The van der Waals surface area contributed by atoms with E-state index in [1.54, 1.807) is 0 Å². The Bertz CT molecular complexity index is 562. The van der Waals surface area contributed by atoms with E-state index >= 15 is 0 Å². The van der Waals surface area contributed by atoms with Gasteiger partial charge in [0.25, 0.3) is 0 Å². The first-order valence-electron chi connectivity index (χ1n) is 6.72. The highest BCUT2D eigenvalue weighted by Crippen LogP contribution is 2.17. The summed E-state index contributed by atoms with van der Waals surface area (Å²) in [7, 11) is 0. The number of anilines is 4. The highest BCUT2D eigenvalue weighted by Gasteiger charge is 2.09. The van der Waals surface area contributed by atoms with Crippen LogP contribution in [0.1, 0.15) is 19.4 Å². The molecule has 6 heteroatoms. The molecule has 0 aliphatic carbocycles. The van der Waals surface area contributed by atoms with Crippen molar-refractivity contribution in [2.24, 2.45) is 0 Å². The molecule has 0 aliphatic heterocycles. The molecule has 1 heterocycles. The number of nitrogen functional groups attached to an aromatic ring is 1. The van der Waals surface area contributed by atoms with Crippen molar-refractivity contribution in [2.45, 2.75) is 20.8 Å². The lowest BCUT2D eigenvalue weighted by molar-refractivity contribution is 0.816. The molecule has 0 saturated carbocycles. The monoisotopic (exact) mass is 272 g/mol. The standard InChI is InChI=1S/C14H20N6/c1-4-20(5-2)14-18-12(15)17-13(19-14)16-11-8-6-10(3)7-9-11/h6-9H,4-5H2,1-3H3,(H3,15,16,17,18,19). The van der Waals surface area contributed by atoms with Crippen molar-refractivity contribution in [1.29, 1.82) is 0 Å². The number of aryl methyl sites for hydroxylation is 1. The highest BCUT2D eigenvalue weighted by molar-refractivity contribution is 5.55. The van der Waals surface area contributed by atoms with Crippen molar-refractivity contribution in [3.05, 3.63) is 29.8 Å². The lowest BCUT2D eigenvalue weighted by atomic mass is 10.2. The van der Waals surface area contributed by atoms with Gasteiger partial charge in [0.05, 0.1) is 0 Å². The second-order valence-corrected chi connectivity index (χ2v) is 4.48. The molecular weight excluding hydrogens is 252 g/mol. The summed E-state index contributed by atoms with van der Waals surface area (Å²) in [6, 6.07) is 8.01. The van der Waals surface area contributed by atoms with Gasteiger partial charge in [0.15, 0.2) is 0 Å². The van der Waals surface area contributed by atoms with E-state index in [2.05, 4.69) is 34.1 Å². The molecule has 3 N–H and O–H groups in total. The maximum Gasteiger partial charge on any atom is 0.233 e. The van der Waals surface area contributed by atoms with Crippen LogP contribution in [0.3, 0.4) is 0 Å². The first-order valence-corrected chi connectivity index (χ1v) is 6.72. The topological polar surface area (TPSA) is 80.0 Å². The highest BCUT2D eigenvalue weighted by atomic mass is 15.3. The maximum absolute atomic E-state index is 5.76. The number of nitrogens with two attached hydrogens (primary N) is 1. The lowest BCUT2D eigenvalue weighted by Crippen LogP contribution is -2.25. The minimum atomic E-state index is 0.219. The fraction of sp³-hybridized carbons (Fsp3) is 0.357. The number of hydrogen-bond donors (Lipinski definition) is 2. The van der Waals surface area contributed by atoms with Gasteiger partial charge in [-0.15, -0.1) is 0 Å². The molecule has 0 fully saturated rings. The zero-order valence-electron chi connectivity index (χ0n) is 12.1. The Kier molecular flexibility index (Phi) is 4.34. The molecule has 20 heavy (non-hydrogen) atoms. The Morgan fingerprint density at radius 1 is 1.05 bits per heavy atom. The van der Waals surface area contributed by atoms with Crippen LogP contribution in [0.5, 0.6) is 0 Å². The van der Waals surface area contributed by atoms with Gasteiger partial charge in [-0.3, -0.25) is 0 Å². The number of nitrogens with zero attached hydrogens (tertiary/aromatic N) is 4. The van der Waals surface area contributed by atoms with Gasteiger partial charge in [-0.25, -0.2) is 0 Å². The van der Waals surface area contributed by atoms with Crippen LogP contribution in [0.25, 0.3) is 0 Å². The van der Waals surface area contributed by atoms with Crippen LogP contribution in [-0.4, -0.2) is 28.0 Å². The maximum atomic E-state index is 5.76. The molecule has 0 bridgehead atoms. The average Bonchev–Trinajstić information content (AvgIpc) is 2.42. The van der Waals surface area contributed by atoms with E-state index in [-0.39, 0.29) is 5.95 Å². The fourth-order valence-electron chi connectivity index (χ4n) is 1.85. The summed E-state index contributed by atoms with van der Waals surface area (Å²) in [5.41, 5.74) is 7.88. The summed E-state index contributed by atoms with van der Waals surface area (Å²) in [4.78, 5) is 14.7. The minimum Gasteiger partial charge on any atom is -0.368 e. The number of nitrogens with one attached hydrogen (secondary N) is 1. The molecule has 0 unspecified atom stereocenters. The quantitative estimate of drug-likeness (QED) is 0.869. The summed E-state index contributed by atoms with van der Waals surface area (Å²) in [5, 5.41) is 3.15. The molecule has 2 aromatic rings. The molecule has 6 nitrogen and oxygen atoms in total. The van der Waals surface area contributed by atoms with Gasteiger partial charge in [0.2, 0.25) is 17.8 Å². The van der Waals surface area contributed by atoms with Gasteiger partial charge in [0, 0.05) is 18.8 Å². The summed E-state index contributed by atoms with van der Waals surface area (Å²) < 4.78 is 0. The molecular formula is C14H20N6. The van der Waals surface area contributed by atoms with Crippen molar-refractivity contribution in [1.82, 2.24) is 15.0 Å². The summed E-state index contributed by atoms with van der Waals surface area (Å²) >= 11 is 0. The molecule has 0 saturated heterocycles. The predicted octanol–water partition coefficient (Wildman–Crippen LogP) is 2.35. The Hall–Kier alpha value is -2.37. The Balaban J connectivity index is 2.25. The van der Waals surface area contributed by atoms with E-state index in [0.29, 0.717) is 11.9 Å². The third-order valence-corrected chi connectivity index (χ3v) is 2.99. The average molecular weight is 272 g/mol. The molecule has 106 valence electrons. The Morgan fingerprint density at radius 3 is 2.30 bits per heavy atom. The molecule has 1 aromatic heterocycles. The van der Waals surface area contributed by atoms with Gasteiger partial charge < -0.3 is 16.0 Å². The number of benzene rings is 1. The van der Waals surface area contributed by atoms with Gasteiger partial charge >= 0.3 is 0 Å². The van der Waals surface area contributed by atoms with Crippen LogP contribution in [0.4, 0.5) is 23.5 Å². The smallest absolute Gasteiger partial charge is 0.233 e. The van der Waals surface area contributed by atoms with Crippen LogP contribution < -0.4 is 16.0 Å². The van der Waals surface area contributed by atoms with Crippen LogP contribution in [0.2, 0.25) is 0 Å². The van der Waals surface area contributed by atoms with E-state index < -0.39 is 0 Å². The number of aromatic nitrogens is 3. The van der Waals surface area contributed by atoms with E-state index in [1.807, 2.05) is 36.1 Å². The van der Waals surface area contributed by atoms with Crippen LogP contribution in [-0.2, 0) is 0 Å². The lowest BCUT2D eigenvalue weighted by Gasteiger charge is -2.19. The molecule has 0 atom stereocenters. The fourth-order valence-corrected chi connectivity index (χ4v) is 1.85. The van der Waals surface area contributed by atoms with Crippen molar-refractivity contribution in [2.75, 3.05) is 29.0 Å². The molecule has 1 aromatic carbocycles. The molecule has 0 amide bonds.